The third-order valence-electron chi connectivity index (χ3n) is 6.42. The minimum absolute atomic E-state index is 0.0721. The van der Waals surface area contributed by atoms with E-state index in [2.05, 4.69) is 4.90 Å². The number of halogens is 1. The fourth-order valence-electron chi connectivity index (χ4n) is 4.74. The van der Waals surface area contributed by atoms with Crippen LogP contribution in [-0.4, -0.2) is 73.7 Å². The summed E-state index contributed by atoms with van der Waals surface area (Å²) in [6.45, 7) is 3.84. The van der Waals surface area contributed by atoms with Crippen molar-refractivity contribution in [1.82, 2.24) is 14.1 Å². The summed E-state index contributed by atoms with van der Waals surface area (Å²) in [5, 5.41) is 0. The lowest BCUT2D eigenvalue weighted by atomic mass is 10.1. The van der Waals surface area contributed by atoms with E-state index in [-0.39, 0.29) is 23.3 Å². The van der Waals surface area contributed by atoms with Crippen LogP contribution in [0.2, 0.25) is 0 Å². The molecule has 1 aromatic carbocycles. The van der Waals surface area contributed by atoms with Crippen molar-refractivity contribution in [3.05, 3.63) is 30.1 Å². The van der Waals surface area contributed by atoms with Gasteiger partial charge < -0.3 is 4.90 Å². The predicted octanol–water partition coefficient (Wildman–Crippen LogP) is 1.92. The Morgan fingerprint density at radius 1 is 0.929 bits per heavy atom. The molecule has 2 saturated heterocycles. The van der Waals surface area contributed by atoms with E-state index >= 15 is 0 Å². The molecular formula is C20H28FN3O3S. The minimum Gasteiger partial charge on any atom is -0.340 e. The molecule has 28 heavy (non-hydrogen) atoms. The molecular weight excluding hydrogens is 381 g/mol. The number of rotatable bonds is 4. The zero-order chi connectivity index (χ0) is 19.7. The first-order valence-electron chi connectivity index (χ1n) is 10.2. The Morgan fingerprint density at radius 2 is 1.57 bits per heavy atom. The first-order valence-corrected chi connectivity index (χ1v) is 11.7. The van der Waals surface area contributed by atoms with E-state index in [0.29, 0.717) is 19.0 Å². The number of amides is 1. The Hall–Kier alpha value is -1.51. The van der Waals surface area contributed by atoms with Crippen molar-refractivity contribution in [1.29, 1.82) is 0 Å². The lowest BCUT2D eigenvalue weighted by molar-refractivity contribution is -0.137. The summed E-state index contributed by atoms with van der Waals surface area (Å²) in [5.74, 6) is -0.679. The molecule has 1 atom stereocenters. The van der Waals surface area contributed by atoms with Crippen LogP contribution in [0, 0.1) is 11.7 Å². The monoisotopic (exact) mass is 409 g/mol. The van der Waals surface area contributed by atoms with Gasteiger partial charge in [0.1, 0.15) is 5.82 Å². The molecule has 2 heterocycles. The molecule has 3 aliphatic rings. The van der Waals surface area contributed by atoms with Crippen LogP contribution in [0.15, 0.2) is 29.2 Å². The molecule has 0 unspecified atom stereocenters. The Balaban J connectivity index is 1.34. The molecule has 6 nitrogen and oxygen atoms in total. The maximum atomic E-state index is 13.1. The van der Waals surface area contributed by atoms with Crippen molar-refractivity contribution in [2.75, 3.05) is 39.3 Å². The highest BCUT2D eigenvalue weighted by molar-refractivity contribution is 7.89. The van der Waals surface area contributed by atoms with E-state index in [9.17, 15) is 17.6 Å². The highest BCUT2D eigenvalue weighted by Gasteiger charge is 2.38. The summed E-state index contributed by atoms with van der Waals surface area (Å²) in [7, 11) is -3.68. The zero-order valence-corrected chi connectivity index (χ0v) is 16.9. The van der Waals surface area contributed by atoms with Crippen LogP contribution in [0.25, 0.3) is 0 Å². The average molecular weight is 410 g/mol. The van der Waals surface area contributed by atoms with Gasteiger partial charge in [0.05, 0.1) is 10.8 Å². The van der Waals surface area contributed by atoms with Crippen LogP contribution in [0.3, 0.4) is 0 Å². The van der Waals surface area contributed by atoms with E-state index in [0.717, 1.165) is 38.3 Å². The highest BCUT2D eigenvalue weighted by atomic mass is 32.2. The molecule has 8 heteroatoms. The van der Waals surface area contributed by atoms with E-state index in [1.807, 2.05) is 4.90 Å². The molecule has 154 valence electrons. The zero-order valence-electron chi connectivity index (χ0n) is 16.1. The largest absolute Gasteiger partial charge is 0.340 e. The van der Waals surface area contributed by atoms with Gasteiger partial charge >= 0.3 is 0 Å². The van der Waals surface area contributed by atoms with Crippen molar-refractivity contribution in [3.63, 3.8) is 0 Å². The third-order valence-corrected chi connectivity index (χ3v) is 8.30. The minimum atomic E-state index is -3.68. The molecule has 1 aliphatic carbocycles. The van der Waals surface area contributed by atoms with Crippen molar-refractivity contribution >= 4 is 15.9 Å². The van der Waals surface area contributed by atoms with Crippen LogP contribution < -0.4 is 0 Å². The number of sulfonamides is 1. The number of piperazine rings is 1. The van der Waals surface area contributed by atoms with Crippen molar-refractivity contribution in [2.24, 2.45) is 5.92 Å². The van der Waals surface area contributed by atoms with Gasteiger partial charge in [-0.05, 0) is 43.5 Å². The second kappa shape index (κ2) is 8.08. The van der Waals surface area contributed by atoms with E-state index < -0.39 is 15.8 Å². The molecule has 0 spiro atoms. The summed E-state index contributed by atoms with van der Waals surface area (Å²) >= 11 is 0. The normalized spacial score (nSPS) is 25.5. The Morgan fingerprint density at radius 3 is 2.21 bits per heavy atom. The smallest absolute Gasteiger partial charge is 0.243 e. The van der Waals surface area contributed by atoms with Gasteiger partial charge in [-0.2, -0.15) is 4.31 Å². The first-order chi connectivity index (χ1) is 13.4. The number of hydrogen-bond donors (Lipinski definition) is 0. The summed E-state index contributed by atoms with van der Waals surface area (Å²) in [6.07, 6.45) is 5.70. The van der Waals surface area contributed by atoms with Crippen LogP contribution >= 0.6 is 0 Å². The quantitative estimate of drug-likeness (QED) is 0.762. The van der Waals surface area contributed by atoms with Crippen molar-refractivity contribution in [3.8, 4) is 0 Å². The fraction of sp³-hybridized carbons (Fsp3) is 0.650. The molecule has 1 aromatic rings. The number of carbonyl (C=O) groups excluding carboxylic acids is 1. The lowest BCUT2D eigenvalue weighted by Gasteiger charge is -2.38. The summed E-state index contributed by atoms with van der Waals surface area (Å²) in [6, 6.07) is 5.54. The van der Waals surface area contributed by atoms with E-state index in [1.165, 1.54) is 42.1 Å². The van der Waals surface area contributed by atoms with Crippen molar-refractivity contribution < 1.29 is 17.6 Å². The summed E-state index contributed by atoms with van der Waals surface area (Å²) in [5.41, 5.74) is 0. The van der Waals surface area contributed by atoms with Crippen LogP contribution in [0.5, 0.6) is 0 Å². The molecule has 0 N–H and O–H groups in total. The SMILES string of the molecule is O=C([C@@H]1CCN(S(=O)(=O)c2ccc(F)cc2)C1)N1CCN(C2CCCC2)CC1. The maximum absolute atomic E-state index is 13.1. The van der Waals surface area contributed by atoms with Gasteiger partial charge in [-0.1, -0.05) is 12.8 Å². The maximum Gasteiger partial charge on any atom is 0.243 e. The topological polar surface area (TPSA) is 60.9 Å². The Labute approximate surface area is 166 Å². The van der Waals surface area contributed by atoms with Crippen LogP contribution in [-0.2, 0) is 14.8 Å². The molecule has 2 aliphatic heterocycles. The van der Waals surface area contributed by atoms with Gasteiger partial charge in [0, 0.05) is 45.3 Å². The van der Waals surface area contributed by atoms with Crippen LogP contribution in [0.4, 0.5) is 4.39 Å². The van der Waals surface area contributed by atoms with E-state index in [1.54, 1.807) is 0 Å². The molecule has 0 aromatic heterocycles. The number of hydrogen-bond acceptors (Lipinski definition) is 4. The van der Waals surface area contributed by atoms with Crippen molar-refractivity contribution in [2.45, 2.75) is 43.0 Å². The highest BCUT2D eigenvalue weighted by Crippen LogP contribution is 2.28. The predicted molar refractivity (Wildman–Crippen MR) is 104 cm³/mol. The summed E-state index contributed by atoms with van der Waals surface area (Å²) in [4.78, 5) is 17.4. The standard InChI is InChI=1S/C20H28FN3O3S/c21-17-5-7-19(8-6-17)28(26,27)24-10-9-16(15-24)20(25)23-13-11-22(12-14-23)18-3-1-2-4-18/h5-8,16,18H,1-4,9-15H2/t16-/m1/s1. The molecule has 4 rings (SSSR count). The van der Waals surface area contributed by atoms with Gasteiger partial charge in [0.2, 0.25) is 15.9 Å². The number of benzene rings is 1. The number of carbonyl (C=O) groups is 1. The Kier molecular flexibility index (Phi) is 5.71. The molecule has 3 fully saturated rings. The molecule has 0 bridgehead atoms. The average Bonchev–Trinajstić information content (AvgIpc) is 3.40. The van der Waals surface area contributed by atoms with Gasteiger partial charge in [-0.15, -0.1) is 0 Å². The summed E-state index contributed by atoms with van der Waals surface area (Å²) < 4.78 is 40.0. The van der Waals surface area contributed by atoms with Gasteiger partial charge in [0.15, 0.2) is 0 Å². The second-order valence-electron chi connectivity index (χ2n) is 8.10. The molecule has 0 radical (unpaired) electrons. The van der Waals surface area contributed by atoms with Gasteiger partial charge in [-0.3, -0.25) is 9.69 Å². The second-order valence-corrected chi connectivity index (χ2v) is 10.0. The van der Waals surface area contributed by atoms with Crippen LogP contribution in [0.1, 0.15) is 32.1 Å². The van der Waals surface area contributed by atoms with Gasteiger partial charge in [0.25, 0.3) is 0 Å². The lowest BCUT2D eigenvalue weighted by Crippen LogP contribution is -2.52. The molecule has 1 saturated carbocycles. The Bertz CT molecular complexity index is 800. The molecule has 1 amide bonds. The number of nitrogens with zero attached hydrogens (tertiary/aromatic N) is 3. The third kappa shape index (κ3) is 3.95. The first kappa shape index (κ1) is 19.8. The van der Waals surface area contributed by atoms with E-state index in [4.69, 9.17) is 0 Å². The fourth-order valence-corrected chi connectivity index (χ4v) is 6.24. The van der Waals surface area contributed by atoms with Gasteiger partial charge in [-0.25, -0.2) is 12.8 Å².